The number of hydrogen-bond acceptors (Lipinski definition) is 4. The van der Waals surface area contributed by atoms with Crippen molar-refractivity contribution in [3.63, 3.8) is 0 Å². The number of ether oxygens (including phenoxy) is 2. The zero-order valence-corrected chi connectivity index (χ0v) is 15.7. The number of nitrogens with zero attached hydrogens (tertiary/aromatic N) is 1. The van der Waals surface area contributed by atoms with Crippen LogP contribution in [0.25, 0.3) is 10.9 Å². The molecule has 0 radical (unpaired) electrons. The van der Waals surface area contributed by atoms with Crippen LogP contribution in [-0.4, -0.2) is 17.5 Å². The molecule has 0 unspecified atom stereocenters. The molecule has 5 nitrogen and oxygen atoms in total. The molecule has 0 fully saturated rings. The van der Waals surface area contributed by atoms with Gasteiger partial charge in [0.25, 0.3) is 5.91 Å². The van der Waals surface area contributed by atoms with Crippen LogP contribution in [0.5, 0.6) is 11.5 Å². The van der Waals surface area contributed by atoms with Crippen LogP contribution in [0.15, 0.2) is 91.1 Å². The molecule has 0 bridgehead atoms. The molecule has 0 aliphatic heterocycles. The van der Waals surface area contributed by atoms with Crippen molar-refractivity contribution in [2.45, 2.75) is 6.61 Å². The van der Waals surface area contributed by atoms with Gasteiger partial charge in [0.1, 0.15) is 23.6 Å². The van der Waals surface area contributed by atoms with Gasteiger partial charge in [0.15, 0.2) is 6.61 Å². The van der Waals surface area contributed by atoms with Crippen LogP contribution in [0.2, 0.25) is 0 Å². The fourth-order valence-electron chi connectivity index (χ4n) is 2.91. The van der Waals surface area contributed by atoms with Crippen molar-refractivity contribution in [2.24, 2.45) is 0 Å². The average Bonchev–Trinajstić information content (AvgIpc) is 2.78. The van der Waals surface area contributed by atoms with Gasteiger partial charge in [0.05, 0.1) is 0 Å². The number of hydrogen-bond donors (Lipinski definition) is 1. The molecular weight excluding hydrogens is 364 g/mol. The number of benzene rings is 3. The highest BCUT2D eigenvalue weighted by atomic mass is 16.5. The smallest absolute Gasteiger partial charge is 0.262 e. The molecule has 0 atom stereocenters. The second kappa shape index (κ2) is 8.89. The lowest BCUT2D eigenvalue weighted by Gasteiger charge is -2.10. The summed E-state index contributed by atoms with van der Waals surface area (Å²) in [6.45, 7) is 0.404. The van der Waals surface area contributed by atoms with Crippen molar-refractivity contribution in [3.05, 3.63) is 96.7 Å². The first kappa shape index (κ1) is 18.5. The number of aromatic nitrogens is 1. The number of para-hydroxylation sites is 1. The number of rotatable bonds is 7. The van der Waals surface area contributed by atoms with E-state index < -0.39 is 0 Å². The van der Waals surface area contributed by atoms with Gasteiger partial charge in [-0.3, -0.25) is 9.78 Å². The molecule has 3 aromatic carbocycles. The van der Waals surface area contributed by atoms with Gasteiger partial charge in [0, 0.05) is 17.3 Å². The first-order chi connectivity index (χ1) is 14.3. The van der Waals surface area contributed by atoms with Crippen molar-refractivity contribution in [1.29, 1.82) is 0 Å². The summed E-state index contributed by atoms with van der Waals surface area (Å²) in [6.07, 6.45) is 1.71. The lowest BCUT2D eigenvalue weighted by molar-refractivity contribution is -0.118. The summed E-state index contributed by atoms with van der Waals surface area (Å²) in [6, 6.07) is 26.7. The second-order valence-electron chi connectivity index (χ2n) is 6.47. The van der Waals surface area contributed by atoms with E-state index in [0.717, 1.165) is 22.2 Å². The molecule has 0 saturated carbocycles. The van der Waals surface area contributed by atoms with E-state index in [9.17, 15) is 4.79 Å². The number of carbonyl (C=O) groups excluding carboxylic acids is 1. The summed E-state index contributed by atoms with van der Waals surface area (Å²) in [5.74, 6) is 1.09. The monoisotopic (exact) mass is 384 g/mol. The first-order valence-electron chi connectivity index (χ1n) is 9.31. The van der Waals surface area contributed by atoms with E-state index in [-0.39, 0.29) is 12.5 Å². The minimum absolute atomic E-state index is 0.0953. The predicted molar refractivity (Wildman–Crippen MR) is 113 cm³/mol. The van der Waals surface area contributed by atoms with Crippen LogP contribution in [0.3, 0.4) is 0 Å². The second-order valence-corrected chi connectivity index (χ2v) is 6.47. The van der Waals surface area contributed by atoms with E-state index in [4.69, 9.17) is 9.47 Å². The highest BCUT2D eigenvalue weighted by Crippen LogP contribution is 2.23. The van der Waals surface area contributed by atoms with Gasteiger partial charge in [-0.05, 0) is 42.0 Å². The molecule has 4 rings (SSSR count). The number of nitrogens with one attached hydrogen (secondary N) is 1. The Bertz CT molecular complexity index is 1090. The van der Waals surface area contributed by atoms with E-state index in [2.05, 4.69) is 10.3 Å². The highest BCUT2D eigenvalue weighted by molar-refractivity contribution is 5.92. The zero-order valence-electron chi connectivity index (χ0n) is 15.7. The van der Waals surface area contributed by atoms with Gasteiger partial charge in [0.2, 0.25) is 0 Å². The molecular formula is C24H20N2O3. The van der Waals surface area contributed by atoms with Crippen molar-refractivity contribution < 1.29 is 14.3 Å². The fraction of sp³-hybridized carbons (Fsp3) is 0.0833. The molecule has 5 heteroatoms. The molecule has 0 aliphatic rings. The summed E-state index contributed by atoms with van der Waals surface area (Å²) in [4.78, 5) is 16.6. The fourth-order valence-corrected chi connectivity index (χ4v) is 2.91. The molecule has 4 aromatic rings. The summed E-state index contributed by atoms with van der Waals surface area (Å²) in [5.41, 5.74) is 2.52. The van der Waals surface area contributed by atoms with E-state index in [1.165, 1.54) is 0 Å². The van der Waals surface area contributed by atoms with Gasteiger partial charge in [-0.1, -0.05) is 48.5 Å². The van der Waals surface area contributed by atoms with Crippen LogP contribution >= 0.6 is 0 Å². The first-order valence-corrected chi connectivity index (χ1v) is 9.31. The number of pyridine rings is 1. The van der Waals surface area contributed by atoms with Crippen LogP contribution in [0, 0.1) is 0 Å². The number of fused-ring (bicyclic) bond motifs is 1. The Kier molecular flexibility index (Phi) is 5.67. The largest absolute Gasteiger partial charge is 0.489 e. The Morgan fingerprint density at radius 3 is 2.45 bits per heavy atom. The Morgan fingerprint density at radius 1 is 0.828 bits per heavy atom. The Balaban J connectivity index is 1.30. The quantitative estimate of drug-likeness (QED) is 0.496. The Labute approximate surface area is 168 Å². The maximum Gasteiger partial charge on any atom is 0.262 e. The van der Waals surface area contributed by atoms with Gasteiger partial charge in [-0.2, -0.15) is 0 Å². The lowest BCUT2D eigenvalue weighted by Crippen LogP contribution is -2.20. The van der Waals surface area contributed by atoms with E-state index >= 15 is 0 Å². The normalized spacial score (nSPS) is 10.5. The number of anilines is 1. The van der Waals surface area contributed by atoms with Gasteiger partial charge >= 0.3 is 0 Å². The van der Waals surface area contributed by atoms with Crippen molar-refractivity contribution in [2.75, 3.05) is 11.9 Å². The number of amides is 1. The van der Waals surface area contributed by atoms with Gasteiger partial charge in [-0.25, -0.2) is 0 Å². The van der Waals surface area contributed by atoms with Gasteiger partial charge in [-0.15, -0.1) is 0 Å². The van der Waals surface area contributed by atoms with Crippen LogP contribution in [0.1, 0.15) is 5.56 Å². The van der Waals surface area contributed by atoms with Crippen molar-refractivity contribution in [3.8, 4) is 11.5 Å². The third-order valence-electron chi connectivity index (χ3n) is 4.34. The average molecular weight is 384 g/mol. The molecule has 29 heavy (non-hydrogen) atoms. The van der Waals surface area contributed by atoms with Crippen molar-refractivity contribution in [1.82, 2.24) is 4.98 Å². The summed E-state index contributed by atoms with van der Waals surface area (Å²) < 4.78 is 11.4. The lowest BCUT2D eigenvalue weighted by atomic mass is 10.2. The molecule has 0 spiro atoms. The minimum atomic E-state index is -0.240. The Hall–Kier alpha value is -3.86. The molecule has 1 aromatic heterocycles. The molecule has 0 aliphatic carbocycles. The van der Waals surface area contributed by atoms with E-state index in [1.54, 1.807) is 18.3 Å². The summed E-state index contributed by atoms with van der Waals surface area (Å²) in [5, 5.41) is 3.79. The molecule has 144 valence electrons. The molecule has 1 N–H and O–H groups in total. The third-order valence-corrected chi connectivity index (χ3v) is 4.34. The minimum Gasteiger partial charge on any atom is -0.489 e. The maximum absolute atomic E-state index is 12.2. The number of carbonyl (C=O) groups is 1. The van der Waals surface area contributed by atoms with Crippen LogP contribution < -0.4 is 14.8 Å². The topological polar surface area (TPSA) is 60.5 Å². The molecule has 1 amide bonds. The third kappa shape index (κ3) is 4.90. The molecule has 1 heterocycles. The standard InChI is InChI=1S/C24H20N2O3/c27-23(17-29-22-10-4-8-19-9-5-15-25-24(19)22)26-20-11-13-21(14-12-20)28-16-18-6-2-1-3-7-18/h1-15H,16-17H2,(H,26,27). The SMILES string of the molecule is O=C(COc1cccc2cccnc12)Nc1ccc(OCc2ccccc2)cc1. The maximum atomic E-state index is 12.2. The summed E-state index contributed by atoms with van der Waals surface area (Å²) in [7, 11) is 0. The van der Waals surface area contributed by atoms with Crippen LogP contribution in [-0.2, 0) is 11.4 Å². The molecule has 0 saturated heterocycles. The Morgan fingerprint density at radius 2 is 1.62 bits per heavy atom. The van der Waals surface area contributed by atoms with Crippen LogP contribution in [0.4, 0.5) is 5.69 Å². The van der Waals surface area contributed by atoms with E-state index in [0.29, 0.717) is 18.0 Å². The van der Waals surface area contributed by atoms with Gasteiger partial charge < -0.3 is 14.8 Å². The van der Waals surface area contributed by atoms with Crippen molar-refractivity contribution >= 4 is 22.5 Å². The highest BCUT2D eigenvalue weighted by Gasteiger charge is 2.07. The van der Waals surface area contributed by atoms with E-state index in [1.807, 2.05) is 72.8 Å². The zero-order chi connectivity index (χ0) is 19.9. The summed E-state index contributed by atoms with van der Waals surface area (Å²) >= 11 is 0. The predicted octanol–water partition coefficient (Wildman–Crippen LogP) is 4.83.